The quantitative estimate of drug-likeness (QED) is 0.881. The van der Waals surface area contributed by atoms with Gasteiger partial charge < -0.3 is 9.32 Å². The summed E-state index contributed by atoms with van der Waals surface area (Å²) in [7, 11) is 0. The van der Waals surface area contributed by atoms with Crippen molar-refractivity contribution in [3.05, 3.63) is 36.1 Å². The average Bonchev–Trinajstić information content (AvgIpc) is 2.90. The van der Waals surface area contributed by atoms with Crippen molar-refractivity contribution in [2.75, 3.05) is 31.9 Å². The van der Waals surface area contributed by atoms with Crippen molar-refractivity contribution >= 4 is 29.5 Å². The van der Waals surface area contributed by atoms with Crippen molar-refractivity contribution in [3.8, 4) is 0 Å². The molecule has 0 atom stereocenters. The molecule has 1 aromatic carbocycles. The number of hydrogen-bond acceptors (Lipinski definition) is 4. The topological polar surface area (TPSA) is 36.7 Å². The number of para-hydroxylation sites is 1. The summed E-state index contributed by atoms with van der Waals surface area (Å²) in [6.07, 6.45) is 0.534. The van der Waals surface area contributed by atoms with Gasteiger partial charge >= 0.3 is 0 Å². The fourth-order valence-electron chi connectivity index (χ4n) is 2.74. The number of carbonyl (C=O) groups is 1. The Morgan fingerprint density at radius 3 is 2.67 bits per heavy atom. The minimum atomic E-state index is 0.216. The second-order valence-corrected chi connectivity index (χ2v) is 5.83. The maximum atomic E-state index is 11.8. The SMILES string of the molecule is O=C(CCS)N1CCN(Cc2cc3ccccc3o2)CC1. The minimum Gasteiger partial charge on any atom is -0.460 e. The number of piperazine rings is 1. The highest BCUT2D eigenvalue weighted by atomic mass is 32.1. The first kappa shape index (κ1) is 14.5. The summed E-state index contributed by atoms with van der Waals surface area (Å²) in [5, 5.41) is 1.15. The zero-order valence-electron chi connectivity index (χ0n) is 12.0. The van der Waals surface area contributed by atoms with Crippen LogP contribution in [0.3, 0.4) is 0 Å². The third kappa shape index (κ3) is 3.41. The first-order valence-electron chi connectivity index (χ1n) is 7.35. The fourth-order valence-corrected chi connectivity index (χ4v) is 2.94. The van der Waals surface area contributed by atoms with Gasteiger partial charge in [0.25, 0.3) is 0 Å². The van der Waals surface area contributed by atoms with Crippen LogP contribution < -0.4 is 0 Å². The van der Waals surface area contributed by atoms with Crippen molar-refractivity contribution in [1.29, 1.82) is 0 Å². The Bertz CT molecular complexity index is 585. The minimum absolute atomic E-state index is 0.216. The highest BCUT2D eigenvalue weighted by Gasteiger charge is 2.21. The molecule has 1 saturated heterocycles. The molecule has 1 fully saturated rings. The van der Waals surface area contributed by atoms with Crippen LogP contribution in [0.4, 0.5) is 0 Å². The van der Waals surface area contributed by atoms with E-state index in [0.29, 0.717) is 12.2 Å². The maximum Gasteiger partial charge on any atom is 0.223 e. The van der Waals surface area contributed by atoms with Crippen LogP contribution in [-0.2, 0) is 11.3 Å². The van der Waals surface area contributed by atoms with Gasteiger partial charge in [0.05, 0.1) is 6.54 Å². The highest BCUT2D eigenvalue weighted by molar-refractivity contribution is 7.80. The van der Waals surface area contributed by atoms with Crippen molar-refractivity contribution in [2.24, 2.45) is 0 Å². The molecule has 1 aliphatic rings. The van der Waals surface area contributed by atoms with Gasteiger partial charge in [-0.2, -0.15) is 12.6 Å². The van der Waals surface area contributed by atoms with E-state index < -0.39 is 0 Å². The number of hydrogen-bond donors (Lipinski definition) is 1. The van der Waals surface area contributed by atoms with Gasteiger partial charge in [0.15, 0.2) is 0 Å². The summed E-state index contributed by atoms with van der Waals surface area (Å²) in [6, 6.07) is 10.2. The highest BCUT2D eigenvalue weighted by Crippen LogP contribution is 2.20. The van der Waals surface area contributed by atoms with Crippen LogP contribution in [0.2, 0.25) is 0 Å². The molecule has 0 radical (unpaired) electrons. The molecule has 21 heavy (non-hydrogen) atoms. The van der Waals surface area contributed by atoms with Gasteiger partial charge in [0.2, 0.25) is 5.91 Å². The molecule has 0 aliphatic carbocycles. The Labute approximate surface area is 130 Å². The van der Waals surface area contributed by atoms with E-state index >= 15 is 0 Å². The molecule has 2 heterocycles. The van der Waals surface area contributed by atoms with E-state index in [1.165, 1.54) is 0 Å². The van der Waals surface area contributed by atoms with Crippen LogP contribution in [0.15, 0.2) is 34.7 Å². The number of amides is 1. The number of benzene rings is 1. The van der Waals surface area contributed by atoms with E-state index in [4.69, 9.17) is 4.42 Å². The first-order chi connectivity index (χ1) is 10.3. The van der Waals surface area contributed by atoms with Crippen molar-refractivity contribution in [3.63, 3.8) is 0 Å². The lowest BCUT2D eigenvalue weighted by Crippen LogP contribution is -2.48. The zero-order valence-corrected chi connectivity index (χ0v) is 12.9. The normalized spacial score (nSPS) is 16.5. The summed E-state index contributed by atoms with van der Waals surface area (Å²) < 4.78 is 5.85. The number of rotatable bonds is 4. The van der Waals surface area contributed by atoms with Crippen molar-refractivity contribution in [1.82, 2.24) is 9.80 Å². The summed E-state index contributed by atoms with van der Waals surface area (Å²) in [5.74, 6) is 1.83. The second-order valence-electron chi connectivity index (χ2n) is 5.38. The van der Waals surface area contributed by atoms with Crippen LogP contribution in [0, 0.1) is 0 Å². The van der Waals surface area contributed by atoms with E-state index in [1.807, 2.05) is 23.1 Å². The smallest absolute Gasteiger partial charge is 0.223 e. The predicted octanol–water partition coefficient (Wildman–Crippen LogP) is 2.40. The van der Waals surface area contributed by atoms with Crippen molar-refractivity contribution < 1.29 is 9.21 Å². The van der Waals surface area contributed by atoms with E-state index in [9.17, 15) is 4.79 Å². The van der Waals surface area contributed by atoms with Crippen LogP contribution in [0.1, 0.15) is 12.2 Å². The van der Waals surface area contributed by atoms with Gasteiger partial charge in [0, 0.05) is 38.0 Å². The van der Waals surface area contributed by atoms with Gasteiger partial charge in [-0.1, -0.05) is 18.2 Å². The van der Waals surface area contributed by atoms with E-state index in [-0.39, 0.29) is 5.91 Å². The molecule has 0 bridgehead atoms. The number of nitrogens with zero attached hydrogens (tertiary/aromatic N) is 2. The number of furan rings is 1. The average molecular weight is 304 g/mol. The molecule has 5 heteroatoms. The number of thiol groups is 1. The molecule has 4 nitrogen and oxygen atoms in total. The third-order valence-corrected chi connectivity index (χ3v) is 4.13. The Kier molecular flexibility index (Phi) is 4.51. The Balaban J connectivity index is 1.56. The molecular formula is C16H20N2O2S. The molecule has 1 amide bonds. The summed E-state index contributed by atoms with van der Waals surface area (Å²) in [5.41, 5.74) is 0.940. The maximum absolute atomic E-state index is 11.8. The second kappa shape index (κ2) is 6.54. The fraction of sp³-hybridized carbons (Fsp3) is 0.438. The molecular weight excluding hydrogens is 284 g/mol. The van der Waals surface area contributed by atoms with Gasteiger partial charge in [-0.3, -0.25) is 9.69 Å². The Morgan fingerprint density at radius 2 is 1.95 bits per heavy atom. The van der Waals surface area contributed by atoms with Gasteiger partial charge in [-0.15, -0.1) is 0 Å². The lowest BCUT2D eigenvalue weighted by Gasteiger charge is -2.34. The number of fused-ring (bicyclic) bond motifs is 1. The van der Waals surface area contributed by atoms with Crippen LogP contribution >= 0.6 is 12.6 Å². The summed E-state index contributed by atoms with van der Waals surface area (Å²) >= 11 is 4.12. The number of carbonyl (C=O) groups excluding carboxylic acids is 1. The summed E-state index contributed by atoms with van der Waals surface area (Å²) in [4.78, 5) is 16.1. The van der Waals surface area contributed by atoms with Crippen molar-refractivity contribution in [2.45, 2.75) is 13.0 Å². The Hall–Kier alpha value is -1.46. The monoisotopic (exact) mass is 304 g/mol. The van der Waals surface area contributed by atoms with Gasteiger partial charge in [0.1, 0.15) is 11.3 Å². The van der Waals surface area contributed by atoms with E-state index in [1.54, 1.807) is 0 Å². The largest absolute Gasteiger partial charge is 0.460 e. The van der Waals surface area contributed by atoms with E-state index in [2.05, 4.69) is 29.7 Å². The molecule has 1 aromatic heterocycles. The van der Waals surface area contributed by atoms with Gasteiger partial charge in [-0.25, -0.2) is 0 Å². The predicted molar refractivity (Wildman–Crippen MR) is 86.5 cm³/mol. The zero-order chi connectivity index (χ0) is 14.7. The molecule has 0 N–H and O–H groups in total. The molecule has 0 unspecified atom stereocenters. The molecule has 0 saturated carbocycles. The van der Waals surface area contributed by atoms with Crippen LogP contribution in [0.25, 0.3) is 11.0 Å². The Morgan fingerprint density at radius 1 is 1.19 bits per heavy atom. The molecule has 1 aliphatic heterocycles. The first-order valence-corrected chi connectivity index (χ1v) is 7.98. The van der Waals surface area contributed by atoms with Crippen LogP contribution in [0.5, 0.6) is 0 Å². The standard InChI is InChI=1S/C16H20N2O2S/c19-16(5-10-21)18-8-6-17(7-9-18)12-14-11-13-3-1-2-4-15(13)20-14/h1-4,11,21H,5-10,12H2. The van der Waals surface area contributed by atoms with E-state index in [0.717, 1.165) is 49.5 Å². The van der Waals surface area contributed by atoms with Gasteiger partial charge in [-0.05, 0) is 17.9 Å². The third-order valence-electron chi connectivity index (χ3n) is 3.91. The van der Waals surface area contributed by atoms with Crippen LogP contribution in [-0.4, -0.2) is 47.6 Å². The lowest BCUT2D eigenvalue weighted by atomic mass is 10.2. The molecule has 0 spiro atoms. The molecule has 112 valence electrons. The summed E-state index contributed by atoms with van der Waals surface area (Å²) in [6.45, 7) is 4.20. The lowest BCUT2D eigenvalue weighted by molar-refractivity contribution is -0.132. The molecule has 3 rings (SSSR count). The molecule has 2 aromatic rings.